The van der Waals surface area contributed by atoms with Gasteiger partial charge in [0.1, 0.15) is 11.3 Å². The van der Waals surface area contributed by atoms with Crippen LogP contribution in [0.2, 0.25) is 0 Å². The van der Waals surface area contributed by atoms with Crippen LogP contribution in [-0.4, -0.2) is 24.3 Å². The molecule has 2 atom stereocenters. The summed E-state index contributed by atoms with van der Waals surface area (Å²) >= 11 is 0. The van der Waals surface area contributed by atoms with Gasteiger partial charge in [0, 0.05) is 0 Å². The number of furan rings is 1. The highest BCUT2D eigenvalue weighted by Crippen LogP contribution is 2.39. The number of methoxy groups -OCH3 is 1. The van der Waals surface area contributed by atoms with E-state index >= 15 is 0 Å². The van der Waals surface area contributed by atoms with Gasteiger partial charge in [-0.25, -0.2) is 4.79 Å². The molecule has 1 heterocycles. The van der Waals surface area contributed by atoms with Crippen molar-refractivity contribution >= 4 is 16.9 Å². The van der Waals surface area contributed by atoms with E-state index in [9.17, 15) is 9.90 Å². The fourth-order valence-corrected chi connectivity index (χ4v) is 3.57. The third kappa shape index (κ3) is 3.14. The van der Waals surface area contributed by atoms with Crippen LogP contribution in [0.5, 0.6) is 11.5 Å². The van der Waals surface area contributed by atoms with Gasteiger partial charge < -0.3 is 19.0 Å². The third-order valence-electron chi connectivity index (χ3n) is 4.46. The monoisotopic (exact) mass is 318 g/mol. The molecular formula is C18H22O5. The summed E-state index contributed by atoms with van der Waals surface area (Å²) in [5.41, 5.74) is 0.495. The molecule has 3 rings (SSSR count). The van der Waals surface area contributed by atoms with Crippen molar-refractivity contribution in [2.45, 2.75) is 39.2 Å². The van der Waals surface area contributed by atoms with Crippen LogP contribution in [0.3, 0.4) is 0 Å². The minimum absolute atomic E-state index is 0.0128. The van der Waals surface area contributed by atoms with Crippen LogP contribution in [0.1, 0.15) is 43.7 Å². The molecule has 0 bridgehead atoms. The lowest BCUT2D eigenvalue weighted by molar-refractivity contribution is 0.0639. The Labute approximate surface area is 135 Å². The maximum atomic E-state index is 11.5. The average molecular weight is 318 g/mol. The second kappa shape index (κ2) is 6.14. The molecular weight excluding hydrogens is 296 g/mol. The number of benzene rings is 1. The predicted molar refractivity (Wildman–Crippen MR) is 86.3 cm³/mol. The Hall–Kier alpha value is -2.17. The van der Waals surface area contributed by atoms with Gasteiger partial charge in [0.25, 0.3) is 5.76 Å². The van der Waals surface area contributed by atoms with Crippen LogP contribution in [0, 0.1) is 11.8 Å². The Bertz CT molecular complexity index is 708. The van der Waals surface area contributed by atoms with Gasteiger partial charge in [0.2, 0.25) is 0 Å². The lowest BCUT2D eigenvalue weighted by Crippen LogP contribution is -2.28. The average Bonchev–Trinajstić information content (AvgIpc) is 2.84. The number of carbonyl (C=O) groups is 1. The number of ether oxygens (including phenoxy) is 2. The van der Waals surface area contributed by atoms with Crippen molar-refractivity contribution < 1.29 is 23.8 Å². The summed E-state index contributed by atoms with van der Waals surface area (Å²) in [6.07, 6.45) is 3.06. The van der Waals surface area contributed by atoms with Crippen molar-refractivity contribution in [3.8, 4) is 11.5 Å². The molecule has 0 saturated heterocycles. The lowest BCUT2D eigenvalue weighted by Gasteiger charge is -2.31. The summed E-state index contributed by atoms with van der Waals surface area (Å²) in [5, 5.41) is 10.1. The summed E-state index contributed by atoms with van der Waals surface area (Å²) in [7, 11) is 1.57. The highest BCUT2D eigenvalue weighted by atomic mass is 16.5. The first kappa shape index (κ1) is 15.7. The Balaban J connectivity index is 2.00. The van der Waals surface area contributed by atoms with Crippen molar-refractivity contribution in [3.05, 3.63) is 24.0 Å². The standard InChI is InChI=1S/C18H22O5/c1-10-6-11(2)8-13(7-10)22-16-14-9-12(21-3)4-5-15(14)23-17(16)18(19)20/h4-5,9-11,13H,6-8H2,1-3H3,(H,19,20). The van der Waals surface area contributed by atoms with E-state index in [1.54, 1.807) is 25.3 Å². The van der Waals surface area contributed by atoms with Crippen molar-refractivity contribution in [2.24, 2.45) is 11.8 Å². The zero-order valence-electron chi connectivity index (χ0n) is 13.7. The number of hydrogen-bond acceptors (Lipinski definition) is 4. The minimum Gasteiger partial charge on any atom is -0.497 e. The Morgan fingerprint density at radius 1 is 1.22 bits per heavy atom. The lowest BCUT2D eigenvalue weighted by atomic mass is 9.82. The first-order valence-electron chi connectivity index (χ1n) is 7.98. The molecule has 1 aliphatic rings. The molecule has 1 saturated carbocycles. The molecule has 1 aromatic heterocycles. The largest absolute Gasteiger partial charge is 0.497 e. The molecule has 5 nitrogen and oxygen atoms in total. The van der Waals surface area contributed by atoms with Gasteiger partial charge in [-0.3, -0.25) is 0 Å². The molecule has 5 heteroatoms. The second-order valence-electron chi connectivity index (χ2n) is 6.58. The molecule has 1 aliphatic carbocycles. The van der Waals surface area contributed by atoms with Crippen LogP contribution in [0.4, 0.5) is 0 Å². The normalized spacial score (nSPS) is 24.6. The summed E-state index contributed by atoms with van der Waals surface area (Å²) in [6.45, 7) is 4.42. The SMILES string of the molecule is COc1ccc2oc(C(=O)O)c(OC3CC(C)CC(C)C3)c2c1. The second-order valence-corrected chi connectivity index (χ2v) is 6.58. The van der Waals surface area contributed by atoms with E-state index in [1.807, 2.05) is 0 Å². The molecule has 0 radical (unpaired) electrons. The summed E-state index contributed by atoms with van der Waals surface area (Å²) in [5.74, 6) is 0.851. The molecule has 23 heavy (non-hydrogen) atoms. The van der Waals surface area contributed by atoms with Crippen LogP contribution in [-0.2, 0) is 0 Å². The first-order valence-corrected chi connectivity index (χ1v) is 7.98. The molecule has 2 unspecified atom stereocenters. The number of carboxylic acid groups (broad SMARTS) is 1. The molecule has 1 N–H and O–H groups in total. The fourth-order valence-electron chi connectivity index (χ4n) is 3.57. The van der Waals surface area contributed by atoms with Crippen LogP contribution in [0.25, 0.3) is 11.0 Å². The van der Waals surface area contributed by atoms with E-state index in [0.29, 0.717) is 34.3 Å². The van der Waals surface area contributed by atoms with Crippen molar-refractivity contribution in [3.63, 3.8) is 0 Å². The number of hydrogen-bond donors (Lipinski definition) is 1. The van der Waals surface area contributed by atoms with Gasteiger partial charge in [-0.1, -0.05) is 13.8 Å². The summed E-state index contributed by atoms with van der Waals surface area (Å²) < 4.78 is 16.8. The molecule has 2 aromatic rings. The van der Waals surface area contributed by atoms with E-state index in [0.717, 1.165) is 12.8 Å². The van der Waals surface area contributed by atoms with E-state index in [-0.39, 0.29) is 11.9 Å². The van der Waals surface area contributed by atoms with Crippen molar-refractivity contribution in [2.75, 3.05) is 7.11 Å². The quantitative estimate of drug-likeness (QED) is 0.908. The highest BCUT2D eigenvalue weighted by molar-refractivity contribution is 5.98. The Kier molecular flexibility index (Phi) is 4.20. The van der Waals surface area contributed by atoms with Crippen molar-refractivity contribution in [1.82, 2.24) is 0 Å². The zero-order valence-corrected chi connectivity index (χ0v) is 13.7. The molecule has 0 amide bonds. The molecule has 1 fully saturated rings. The maximum absolute atomic E-state index is 11.5. The van der Waals surface area contributed by atoms with Crippen LogP contribution < -0.4 is 9.47 Å². The number of aromatic carboxylic acids is 1. The molecule has 0 spiro atoms. The van der Waals surface area contributed by atoms with Crippen LogP contribution in [0.15, 0.2) is 22.6 Å². The fraction of sp³-hybridized carbons (Fsp3) is 0.500. The molecule has 0 aliphatic heterocycles. The molecule has 124 valence electrons. The van der Waals surface area contributed by atoms with E-state index < -0.39 is 5.97 Å². The maximum Gasteiger partial charge on any atom is 0.375 e. The Morgan fingerprint density at radius 2 is 1.91 bits per heavy atom. The van der Waals surface area contributed by atoms with E-state index in [1.165, 1.54) is 6.42 Å². The minimum atomic E-state index is -1.12. The first-order chi connectivity index (χ1) is 11.0. The summed E-state index contributed by atoms with van der Waals surface area (Å²) in [6, 6.07) is 5.21. The van der Waals surface area contributed by atoms with E-state index in [2.05, 4.69) is 13.8 Å². The molecule has 1 aromatic carbocycles. The third-order valence-corrected chi connectivity index (χ3v) is 4.46. The van der Waals surface area contributed by atoms with Gasteiger partial charge in [-0.2, -0.15) is 0 Å². The van der Waals surface area contributed by atoms with Gasteiger partial charge in [0.05, 0.1) is 18.6 Å². The number of rotatable bonds is 4. The van der Waals surface area contributed by atoms with Crippen LogP contribution >= 0.6 is 0 Å². The summed E-state index contributed by atoms with van der Waals surface area (Å²) in [4.78, 5) is 11.5. The zero-order chi connectivity index (χ0) is 16.6. The van der Waals surface area contributed by atoms with Gasteiger partial charge in [-0.15, -0.1) is 0 Å². The smallest absolute Gasteiger partial charge is 0.375 e. The van der Waals surface area contributed by atoms with Gasteiger partial charge in [-0.05, 0) is 49.3 Å². The Morgan fingerprint density at radius 3 is 2.52 bits per heavy atom. The number of carboxylic acids is 1. The highest BCUT2D eigenvalue weighted by Gasteiger charge is 2.29. The van der Waals surface area contributed by atoms with E-state index in [4.69, 9.17) is 13.9 Å². The topological polar surface area (TPSA) is 68.9 Å². The van der Waals surface area contributed by atoms with Gasteiger partial charge >= 0.3 is 5.97 Å². The van der Waals surface area contributed by atoms with Crippen molar-refractivity contribution in [1.29, 1.82) is 0 Å². The van der Waals surface area contributed by atoms with Gasteiger partial charge in [0.15, 0.2) is 5.75 Å². The number of fused-ring (bicyclic) bond motifs is 1. The predicted octanol–water partition coefficient (Wildman–Crippen LogP) is 4.34.